The third kappa shape index (κ3) is 3.92. The van der Waals surface area contributed by atoms with Crippen LogP contribution in [0.3, 0.4) is 0 Å². The Morgan fingerprint density at radius 1 is 1.30 bits per heavy atom. The first kappa shape index (κ1) is 15.7. The molecule has 2 fully saturated rings. The van der Waals surface area contributed by atoms with E-state index in [1.807, 2.05) is 19.9 Å². The van der Waals surface area contributed by atoms with Crippen molar-refractivity contribution in [3.63, 3.8) is 0 Å². The molecule has 1 aliphatic carbocycles. The molecule has 20 heavy (non-hydrogen) atoms. The number of rotatable bonds is 5. The number of hydrogen-bond acceptors (Lipinski definition) is 4. The lowest BCUT2D eigenvalue weighted by atomic mass is 9.91. The van der Waals surface area contributed by atoms with Crippen molar-refractivity contribution in [2.45, 2.75) is 64.1 Å². The number of hydrogen-bond donors (Lipinski definition) is 3. The Labute approximate surface area is 120 Å². The number of ether oxygens (including phenoxy) is 1. The van der Waals surface area contributed by atoms with Crippen molar-refractivity contribution in [1.29, 1.82) is 0 Å². The van der Waals surface area contributed by atoms with E-state index in [0.717, 1.165) is 6.42 Å². The molecule has 1 unspecified atom stereocenters. The van der Waals surface area contributed by atoms with Crippen molar-refractivity contribution in [3.8, 4) is 0 Å². The smallest absolute Gasteiger partial charge is 0.155 e. The van der Waals surface area contributed by atoms with Crippen molar-refractivity contribution in [2.75, 3.05) is 0 Å². The Bertz CT molecular complexity index is 373. The largest absolute Gasteiger partial charge is 0.392 e. The molecule has 114 valence electrons. The van der Waals surface area contributed by atoms with E-state index in [1.54, 1.807) is 6.08 Å². The summed E-state index contributed by atoms with van der Waals surface area (Å²) in [6.07, 6.45) is 6.83. The van der Waals surface area contributed by atoms with Crippen LogP contribution in [0.25, 0.3) is 0 Å². The Hall–Kier alpha value is -0.680. The zero-order valence-corrected chi connectivity index (χ0v) is 12.3. The first-order chi connectivity index (χ1) is 9.47. The molecule has 0 spiro atoms. The highest BCUT2D eigenvalue weighted by molar-refractivity contribution is 5.06. The van der Waals surface area contributed by atoms with E-state index < -0.39 is 18.5 Å². The lowest BCUT2D eigenvalue weighted by molar-refractivity contribution is -0.0949. The second-order valence-electron chi connectivity index (χ2n) is 6.22. The second-order valence-corrected chi connectivity index (χ2v) is 6.22. The molecule has 1 heterocycles. The molecule has 6 atom stereocenters. The van der Waals surface area contributed by atoms with E-state index in [4.69, 9.17) is 4.74 Å². The van der Waals surface area contributed by atoms with Crippen LogP contribution in [-0.4, -0.2) is 39.9 Å². The number of aliphatic hydroxyl groups is 3. The fourth-order valence-electron chi connectivity index (χ4n) is 3.23. The Morgan fingerprint density at radius 3 is 2.75 bits per heavy atom. The van der Waals surface area contributed by atoms with Crippen molar-refractivity contribution < 1.29 is 20.1 Å². The van der Waals surface area contributed by atoms with E-state index in [2.05, 4.69) is 6.08 Å². The maximum absolute atomic E-state index is 10.0. The van der Waals surface area contributed by atoms with Gasteiger partial charge in [-0.05, 0) is 32.6 Å². The van der Waals surface area contributed by atoms with Crippen molar-refractivity contribution >= 4 is 0 Å². The summed E-state index contributed by atoms with van der Waals surface area (Å²) >= 11 is 0. The summed E-state index contributed by atoms with van der Waals surface area (Å²) in [6, 6.07) is 0. The summed E-state index contributed by atoms with van der Waals surface area (Å²) in [7, 11) is 0. The van der Waals surface area contributed by atoms with Gasteiger partial charge in [0.15, 0.2) is 6.29 Å². The van der Waals surface area contributed by atoms with Crippen LogP contribution in [0.4, 0.5) is 0 Å². The summed E-state index contributed by atoms with van der Waals surface area (Å²) in [4.78, 5) is 0. The van der Waals surface area contributed by atoms with Gasteiger partial charge < -0.3 is 20.1 Å². The van der Waals surface area contributed by atoms with Crippen molar-refractivity contribution in [3.05, 3.63) is 23.8 Å². The van der Waals surface area contributed by atoms with Gasteiger partial charge in [-0.1, -0.05) is 23.8 Å². The van der Waals surface area contributed by atoms with Crippen LogP contribution < -0.4 is 0 Å². The van der Waals surface area contributed by atoms with Gasteiger partial charge in [0.2, 0.25) is 0 Å². The molecular weight excluding hydrogens is 256 g/mol. The quantitative estimate of drug-likeness (QED) is 0.672. The molecule has 0 aromatic heterocycles. The molecule has 2 rings (SSSR count). The Kier molecular flexibility index (Phi) is 5.38. The maximum Gasteiger partial charge on any atom is 0.155 e. The van der Waals surface area contributed by atoms with Crippen molar-refractivity contribution in [1.82, 2.24) is 0 Å². The molecule has 0 amide bonds. The topological polar surface area (TPSA) is 69.9 Å². The van der Waals surface area contributed by atoms with Crippen LogP contribution in [0.2, 0.25) is 0 Å². The molecule has 2 aliphatic rings. The predicted molar refractivity (Wildman–Crippen MR) is 76.9 cm³/mol. The zero-order chi connectivity index (χ0) is 14.7. The summed E-state index contributed by atoms with van der Waals surface area (Å²) in [6.45, 7) is 4.09. The molecule has 0 radical (unpaired) electrons. The molecule has 0 aromatic carbocycles. The van der Waals surface area contributed by atoms with Crippen LogP contribution in [0.1, 0.15) is 39.5 Å². The van der Waals surface area contributed by atoms with Gasteiger partial charge in [-0.3, -0.25) is 0 Å². The van der Waals surface area contributed by atoms with Gasteiger partial charge >= 0.3 is 0 Å². The lowest BCUT2D eigenvalue weighted by Gasteiger charge is -2.16. The van der Waals surface area contributed by atoms with Gasteiger partial charge in [0.1, 0.15) is 0 Å². The summed E-state index contributed by atoms with van der Waals surface area (Å²) in [5, 5.41) is 29.5. The molecule has 1 saturated heterocycles. The number of aliphatic hydroxyl groups excluding tert-OH is 3. The molecule has 0 aromatic rings. The summed E-state index contributed by atoms with van der Waals surface area (Å²) < 4.78 is 5.38. The van der Waals surface area contributed by atoms with E-state index in [0.29, 0.717) is 19.3 Å². The minimum Gasteiger partial charge on any atom is -0.392 e. The van der Waals surface area contributed by atoms with Crippen LogP contribution >= 0.6 is 0 Å². The minimum absolute atomic E-state index is 0.0183. The number of allylic oxidation sites excluding steroid dienone is 2. The maximum atomic E-state index is 10.0. The van der Waals surface area contributed by atoms with Gasteiger partial charge in [0.25, 0.3) is 0 Å². The van der Waals surface area contributed by atoms with E-state index >= 15 is 0 Å². The third-order valence-electron chi connectivity index (χ3n) is 4.27. The van der Waals surface area contributed by atoms with Crippen LogP contribution in [-0.2, 0) is 4.74 Å². The fourth-order valence-corrected chi connectivity index (χ4v) is 3.23. The Morgan fingerprint density at radius 2 is 2.05 bits per heavy atom. The predicted octanol–water partition coefficient (Wildman–Crippen LogP) is 1.75. The summed E-state index contributed by atoms with van der Waals surface area (Å²) in [5.41, 5.74) is 1.26. The molecule has 0 bridgehead atoms. The fraction of sp³-hybridized carbons (Fsp3) is 0.750. The van der Waals surface area contributed by atoms with Crippen molar-refractivity contribution in [2.24, 2.45) is 11.8 Å². The van der Waals surface area contributed by atoms with E-state index in [9.17, 15) is 15.3 Å². The van der Waals surface area contributed by atoms with E-state index in [1.165, 1.54) is 5.57 Å². The van der Waals surface area contributed by atoms with Gasteiger partial charge in [-0.15, -0.1) is 0 Å². The lowest BCUT2D eigenvalue weighted by Crippen LogP contribution is -2.19. The van der Waals surface area contributed by atoms with Gasteiger partial charge in [0, 0.05) is 18.8 Å². The summed E-state index contributed by atoms with van der Waals surface area (Å²) in [5.74, 6) is 0.150. The molecule has 4 nitrogen and oxygen atoms in total. The average molecular weight is 282 g/mol. The average Bonchev–Trinajstić information content (AvgIpc) is 2.81. The first-order valence-electron chi connectivity index (χ1n) is 7.48. The van der Waals surface area contributed by atoms with Crippen LogP contribution in [0, 0.1) is 11.8 Å². The first-order valence-corrected chi connectivity index (χ1v) is 7.48. The monoisotopic (exact) mass is 282 g/mol. The number of fused-ring (bicyclic) bond motifs is 1. The third-order valence-corrected chi connectivity index (χ3v) is 4.27. The van der Waals surface area contributed by atoms with Gasteiger partial charge in [-0.25, -0.2) is 0 Å². The highest BCUT2D eigenvalue weighted by Gasteiger charge is 2.47. The van der Waals surface area contributed by atoms with Crippen LogP contribution in [0.15, 0.2) is 23.8 Å². The SMILES string of the molecule is CC(C)=CCC[C@@H](O)C=C[C@@H]1[C@H]2CC(O)O[C@H]2C[C@H]1O. The molecule has 4 heteroatoms. The standard InChI is InChI=1S/C16H26O4/c1-10(2)4-3-5-11(17)6-7-12-13-8-16(19)20-15(13)9-14(12)18/h4,6-7,11-19H,3,5,8-9H2,1-2H3/t11-,12-,13-,14-,15+,16?/m1/s1. The Balaban J connectivity index is 1.85. The molecular formula is C16H26O4. The van der Waals surface area contributed by atoms with Gasteiger partial charge in [0.05, 0.1) is 18.3 Å². The molecule has 1 saturated carbocycles. The van der Waals surface area contributed by atoms with Gasteiger partial charge in [-0.2, -0.15) is 0 Å². The molecule has 1 aliphatic heterocycles. The second kappa shape index (κ2) is 6.85. The highest BCUT2D eigenvalue weighted by Crippen LogP contribution is 2.43. The van der Waals surface area contributed by atoms with E-state index in [-0.39, 0.29) is 17.9 Å². The zero-order valence-electron chi connectivity index (χ0n) is 12.3. The molecule has 3 N–H and O–H groups in total. The van der Waals surface area contributed by atoms with Crippen LogP contribution in [0.5, 0.6) is 0 Å². The normalized spacial score (nSPS) is 38.1. The highest BCUT2D eigenvalue weighted by atomic mass is 16.6. The minimum atomic E-state index is -0.698.